The van der Waals surface area contributed by atoms with Gasteiger partial charge in [0.2, 0.25) is 17.7 Å². The standard InChI is InChI=1S/C17H25N3O6/c1-3-18-13(21)8-19-14(22)9-26-17(25)10(2)20-15(23)11-6-4-5-7-12(11)16(20)24/h10-12H,3-9H2,1-2H3,(H,18,21)(H,19,22)/t10-,11-,12-/m0/s1. The molecule has 3 atom stereocenters. The van der Waals surface area contributed by atoms with Crippen LogP contribution in [0.25, 0.3) is 0 Å². The lowest BCUT2D eigenvalue weighted by atomic mass is 9.81. The van der Waals surface area contributed by atoms with Gasteiger partial charge in [0.1, 0.15) is 6.04 Å². The summed E-state index contributed by atoms with van der Waals surface area (Å²) in [6.45, 7) is 2.82. The molecule has 0 aromatic rings. The topological polar surface area (TPSA) is 122 Å². The summed E-state index contributed by atoms with van der Waals surface area (Å²) in [5.41, 5.74) is 0. The van der Waals surface area contributed by atoms with E-state index < -0.39 is 24.5 Å². The van der Waals surface area contributed by atoms with Gasteiger partial charge in [-0.05, 0) is 26.7 Å². The number of hydrogen-bond acceptors (Lipinski definition) is 6. The molecule has 0 radical (unpaired) electrons. The fourth-order valence-electron chi connectivity index (χ4n) is 3.42. The van der Waals surface area contributed by atoms with E-state index in [0.29, 0.717) is 19.4 Å². The van der Waals surface area contributed by atoms with Crippen LogP contribution in [0.2, 0.25) is 0 Å². The van der Waals surface area contributed by atoms with Crippen LogP contribution in [0.3, 0.4) is 0 Å². The van der Waals surface area contributed by atoms with Gasteiger partial charge >= 0.3 is 5.97 Å². The third-order valence-corrected chi connectivity index (χ3v) is 4.77. The minimum atomic E-state index is -1.07. The first-order valence-corrected chi connectivity index (χ1v) is 8.93. The Labute approximate surface area is 151 Å². The smallest absolute Gasteiger partial charge is 0.329 e. The molecule has 144 valence electrons. The van der Waals surface area contributed by atoms with E-state index in [1.54, 1.807) is 6.92 Å². The van der Waals surface area contributed by atoms with Gasteiger partial charge in [-0.15, -0.1) is 0 Å². The molecule has 2 N–H and O–H groups in total. The number of nitrogens with one attached hydrogen (secondary N) is 2. The predicted octanol–water partition coefficient (Wildman–Crippen LogP) is -0.654. The van der Waals surface area contributed by atoms with Crippen LogP contribution in [-0.2, 0) is 28.7 Å². The second kappa shape index (κ2) is 8.77. The maximum atomic E-state index is 12.4. The Balaban J connectivity index is 1.83. The molecular formula is C17H25N3O6. The van der Waals surface area contributed by atoms with Gasteiger partial charge < -0.3 is 15.4 Å². The first-order chi connectivity index (χ1) is 12.4. The Morgan fingerprint density at radius 1 is 1.08 bits per heavy atom. The molecule has 1 saturated carbocycles. The maximum Gasteiger partial charge on any atom is 0.329 e. The summed E-state index contributed by atoms with van der Waals surface area (Å²) in [6.07, 6.45) is 3.13. The molecule has 0 spiro atoms. The van der Waals surface area contributed by atoms with E-state index in [-0.39, 0.29) is 36.1 Å². The largest absolute Gasteiger partial charge is 0.454 e. The zero-order chi connectivity index (χ0) is 19.3. The van der Waals surface area contributed by atoms with Gasteiger partial charge in [-0.2, -0.15) is 0 Å². The number of imide groups is 1. The number of esters is 1. The van der Waals surface area contributed by atoms with Crippen molar-refractivity contribution in [3.63, 3.8) is 0 Å². The highest BCUT2D eigenvalue weighted by atomic mass is 16.5. The molecule has 9 heteroatoms. The van der Waals surface area contributed by atoms with Crippen LogP contribution in [0, 0.1) is 11.8 Å². The number of ether oxygens (including phenoxy) is 1. The van der Waals surface area contributed by atoms with Crippen LogP contribution in [0.5, 0.6) is 0 Å². The molecule has 1 heterocycles. The van der Waals surface area contributed by atoms with E-state index >= 15 is 0 Å². The number of amides is 4. The highest BCUT2D eigenvalue weighted by Crippen LogP contribution is 2.38. The van der Waals surface area contributed by atoms with Gasteiger partial charge in [0.25, 0.3) is 5.91 Å². The van der Waals surface area contributed by atoms with Gasteiger partial charge in [-0.3, -0.25) is 24.1 Å². The summed E-state index contributed by atoms with van der Waals surface area (Å²) in [7, 11) is 0. The van der Waals surface area contributed by atoms with Gasteiger partial charge in [0, 0.05) is 6.54 Å². The van der Waals surface area contributed by atoms with E-state index in [1.165, 1.54) is 6.92 Å². The molecule has 4 amide bonds. The normalized spacial score (nSPS) is 23.2. The quantitative estimate of drug-likeness (QED) is 0.455. The molecule has 0 bridgehead atoms. The van der Waals surface area contributed by atoms with Crippen molar-refractivity contribution in [2.45, 2.75) is 45.6 Å². The third-order valence-electron chi connectivity index (χ3n) is 4.77. The number of likely N-dealkylation sites (tertiary alicyclic amines) is 1. The van der Waals surface area contributed by atoms with Crippen molar-refractivity contribution in [1.82, 2.24) is 15.5 Å². The van der Waals surface area contributed by atoms with Crippen molar-refractivity contribution in [1.29, 1.82) is 0 Å². The van der Waals surface area contributed by atoms with Crippen LogP contribution >= 0.6 is 0 Å². The summed E-state index contributed by atoms with van der Waals surface area (Å²) >= 11 is 0. The van der Waals surface area contributed by atoms with E-state index in [2.05, 4.69) is 10.6 Å². The molecular weight excluding hydrogens is 342 g/mol. The van der Waals surface area contributed by atoms with Crippen LogP contribution in [0.4, 0.5) is 0 Å². The Kier molecular flexibility index (Phi) is 6.70. The zero-order valence-corrected chi connectivity index (χ0v) is 15.1. The highest BCUT2D eigenvalue weighted by molar-refractivity contribution is 6.07. The molecule has 2 rings (SSSR count). The maximum absolute atomic E-state index is 12.4. The zero-order valence-electron chi connectivity index (χ0n) is 15.1. The molecule has 0 aromatic carbocycles. The SMILES string of the molecule is CCNC(=O)CNC(=O)COC(=O)[C@H](C)N1C(=O)[C@H]2CCCC[C@@H]2C1=O. The lowest BCUT2D eigenvalue weighted by Gasteiger charge is -2.21. The average Bonchev–Trinajstić information content (AvgIpc) is 2.88. The number of nitrogens with zero attached hydrogens (tertiary/aromatic N) is 1. The molecule has 1 saturated heterocycles. The van der Waals surface area contributed by atoms with Crippen LogP contribution in [-0.4, -0.2) is 60.2 Å². The summed E-state index contributed by atoms with van der Waals surface area (Å²) in [6, 6.07) is -1.07. The molecule has 26 heavy (non-hydrogen) atoms. The van der Waals surface area contributed by atoms with Gasteiger partial charge in [0.15, 0.2) is 6.61 Å². The van der Waals surface area contributed by atoms with Crippen molar-refractivity contribution in [3.05, 3.63) is 0 Å². The Morgan fingerprint density at radius 2 is 1.65 bits per heavy atom. The van der Waals surface area contributed by atoms with Crippen molar-refractivity contribution < 1.29 is 28.7 Å². The van der Waals surface area contributed by atoms with Crippen molar-refractivity contribution in [2.24, 2.45) is 11.8 Å². The lowest BCUT2D eigenvalue weighted by Crippen LogP contribution is -2.45. The van der Waals surface area contributed by atoms with Crippen molar-refractivity contribution in [2.75, 3.05) is 19.7 Å². The third kappa shape index (κ3) is 4.39. The van der Waals surface area contributed by atoms with E-state index in [9.17, 15) is 24.0 Å². The monoisotopic (exact) mass is 367 g/mol. The van der Waals surface area contributed by atoms with E-state index in [4.69, 9.17) is 4.74 Å². The minimum absolute atomic E-state index is 0.216. The number of carbonyl (C=O) groups excluding carboxylic acids is 5. The van der Waals surface area contributed by atoms with Gasteiger partial charge in [0.05, 0.1) is 18.4 Å². The fourth-order valence-corrected chi connectivity index (χ4v) is 3.42. The van der Waals surface area contributed by atoms with E-state index in [1.807, 2.05) is 0 Å². The Bertz CT molecular complexity index is 581. The summed E-state index contributed by atoms with van der Waals surface area (Å²) < 4.78 is 4.89. The Hall–Kier alpha value is -2.45. The summed E-state index contributed by atoms with van der Waals surface area (Å²) in [5, 5.41) is 4.83. The van der Waals surface area contributed by atoms with Crippen molar-refractivity contribution >= 4 is 29.6 Å². The molecule has 1 aliphatic heterocycles. The second-order valence-electron chi connectivity index (χ2n) is 6.56. The molecule has 1 aliphatic carbocycles. The molecule has 2 fully saturated rings. The minimum Gasteiger partial charge on any atom is -0.454 e. The molecule has 9 nitrogen and oxygen atoms in total. The first kappa shape index (κ1) is 19.9. The van der Waals surface area contributed by atoms with Crippen molar-refractivity contribution in [3.8, 4) is 0 Å². The van der Waals surface area contributed by atoms with Gasteiger partial charge in [-0.25, -0.2) is 4.79 Å². The fraction of sp³-hybridized carbons (Fsp3) is 0.706. The predicted molar refractivity (Wildman–Crippen MR) is 89.4 cm³/mol. The number of hydrogen-bond donors (Lipinski definition) is 2. The second-order valence-corrected chi connectivity index (χ2v) is 6.56. The number of likely N-dealkylation sites (N-methyl/N-ethyl adjacent to an activating group) is 1. The van der Waals surface area contributed by atoms with Crippen LogP contribution < -0.4 is 10.6 Å². The first-order valence-electron chi connectivity index (χ1n) is 8.93. The van der Waals surface area contributed by atoms with Gasteiger partial charge in [-0.1, -0.05) is 12.8 Å². The molecule has 0 unspecified atom stereocenters. The number of fused-ring (bicyclic) bond motifs is 1. The number of carbonyl (C=O) groups is 5. The highest BCUT2D eigenvalue weighted by Gasteiger charge is 2.51. The molecule has 0 aromatic heterocycles. The summed E-state index contributed by atoms with van der Waals surface area (Å²) in [5.74, 6) is -3.15. The lowest BCUT2D eigenvalue weighted by molar-refractivity contribution is -0.159. The summed E-state index contributed by atoms with van der Waals surface area (Å²) in [4.78, 5) is 60.9. The van der Waals surface area contributed by atoms with Crippen LogP contribution in [0.15, 0.2) is 0 Å². The van der Waals surface area contributed by atoms with E-state index in [0.717, 1.165) is 17.7 Å². The average molecular weight is 367 g/mol. The number of rotatable bonds is 7. The van der Waals surface area contributed by atoms with Crippen LogP contribution in [0.1, 0.15) is 39.5 Å². The molecule has 2 aliphatic rings. The Morgan fingerprint density at radius 3 is 2.19 bits per heavy atom.